The highest BCUT2D eigenvalue weighted by atomic mass is 16.4. The highest BCUT2D eigenvalue weighted by Gasteiger charge is 2.20. The molecule has 1 aromatic heterocycles. The van der Waals surface area contributed by atoms with Crippen molar-refractivity contribution in [3.8, 4) is 0 Å². The second-order valence-electron chi connectivity index (χ2n) is 4.21. The summed E-state index contributed by atoms with van der Waals surface area (Å²) in [6.07, 6.45) is 6.41. The summed E-state index contributed by atoms with van der Waals surface area (Å²) in [5.74, 6) is -0.351. The molecule has 1 aliphatic rings. The molecule has 0 radical (unpaired) electrons. The zero-order valence-corrected chi connectivity index (χ0v) is 8.86. The van der Waals surface area contributed by atoms with Gasteiger partial charge in [-0.1, -0.05) is 12.8 Å². The average molecular weight is 205 g/mol. The maximum absolute atomic E-state index is 10.7. The van der Waals surface area contributed by atoms with Crippen LogP contribution in [0.1, 0.15) is 53.2 Å². The molecule has 1 aliphatic carbocycles. The minimum absolute atomic E-state index is 0.286. The molecule has 3 heteroatoms. The van der Waals surface area contributed by atoms with Gasteiger partial charge in [-0.3, -0.25) is 4.98 Å². The number of carboxylic acids is 1. The molecule has 1 heterocycles. The van der Waals surface area contributed by atoms with E-state index in [2.05, 4.69) is 4.98 Å². The molecule has 3 nitrogen and oxygen atoms in total. The minimum atomic E-state index is -0.899. The Bertz CT molecular complexity index is 381. The number of hydrogen-bond acceptors (Lipinski definition) is 2. The van der Waals surface area contributed by atoms with Crippen molar-refractivity contribution >= 4 is 5.97 Å². The summed E-state index contributed by atoms with van der Waals surface area (Å²) in [5.41, 5.74) is 2.40. The maximum atomic E-state index is 10.7. The number of aryl methyl sites for hydroxylation is 1. The third-order valence-electron chi connectivity index (χ3n) is 3.11. The first kappa shape index (κ1) is 10.1. The topological polar surface area (TPSA) is 50.2 Å². The van der Waals surface area contributed by atoms with Gasteiger partial charge in [0.15, 0.2) is 0 Å². The largest absolute Gasteiger partial charge is 0.478 e. The summed E-state index contributed by atoms with van der Waals surface area (Å²) in [6.45, 7) is 1.95. The molecular weight excluding hydrogens is 190 g/mol. The summed E-state index contributed by atoms with van der Waals surface area (Å²) in [7, 11) is 0. The van der Waals surface area contributed by atoms with Gasteiger partial charge in [-0.25, -0.2) is 4.79 Å². The van der Waals surface area contributed by atoms with E-state index >= 15 is 0 Å². The molecule has 0 aromatic carbocycles. The van der Waals surface area contributed by atoms with Crippen molar-refractivity contribution in [2.24, 2.45) is 0 Å². The third-order valence-corrected chi connectivity index (χ3v) is 3.11. The van der Waals surface area contributed by atoms with Crippen LogP contribution < -0.4 is 0 Å². The van der Waals surface area contributed by atoms with Crippen LogP contribution in [-0.2, 0) is 0 Å². The molecule has 0 spiro atoms. The molecule has 0 bridgehead atoms. The third kappa shape index (κ3) is 2.01. The number of hydrogen-bond donors (Lipinski definition) is 1. The Labute approximate surface area is 89.2 Å². The van der Waals surface area contributed by atoms with Crippen molar-refractivity contribution in [2.75, 3.05) is 0 Å². The van der Waals surface area contributed by atoms with E-state index in [9.17, 15) is 4.79 Å². The molecule has 1 aromatic rings. The van der Waals surface area contributed by atoms with Crippen LogP contribution in [0.4, 0.5) is 0 Å². The fourth-order valence-electron chi connectivity index (χ4n) is 2.33. The lowest BCUT2D eigenvalue weighted by Gasteiger charge is -2.11. The Morgan fingerprint density at radius 1 is 1.47 bits per heavy atom. The van der Waals surface area contributed by atoms with Gasteiger partial charge in [0.2, 0.25) is 0 Å². The molecule has 1 fully saturated rings. The Morgan fingerprint density at radius 3 is 2.67 bits per heavy atom. The van der Waals surface area contributed by atoms with Crippen LogP contribution in [0.25, 0.3) is 0 Å². The predicted octanol–water partition coefficient (Wildman–Crippen LogP) is 2.75. The number of carbonyl (C=O) groups is 1. The van der Waals surface area contributed by atoms with E-state index in [0.29, 0.717) is 5.92 Å². The highest BCUT2D eigenvalue weighted by Crippen LogP contribution is 2.34. The standard InChI is InChI=1S/C12H15NO2/c1-8-6-10(12(14)15)7-13-11(8)9-4-2-3-5-9/h6-7,9H,2-5H2,1H3,(H,14,15). The van der Waals surface area contributed by atoms with Crippen LogP contribution in [0.15, 0.2) is 12.3 Å². The fourth-order valence-corrected chi connectivity index (χ4v) is 2.33. The van der Waals surface area contributed by atoms with Crippen LogP contribution >= 0.6 is 0 Å². The van der Waals surface area contributed by atoms with E-state index in [1.807, 2.05) is 6.92 Å². The first-order chi connectivity index (χ1) is 7.18. The summed E-state index contributed by atoms with van der Waals surface area (Å²) < 4.78 is 0. The molecule has 0 unspecified atom stereocenters. The van der Waals surface area contributed by atoms with Crippen LogP contribution in [0.5, 0.6) is 0 Å². The normalized spacial score (nSPS) is 16.9. The fraction of sp³-hybridized carbons (Fsp3) is 0.500. The smallest absolute Gasteiger partial charge is 0.337 e. The van der Waals surface area contributed by atoms with Gasteiger partial charge < -0.3 is 5.11 Å². The molecule has 15 heavy (non-hydrogen) atoms. The van der Waals surface area contributed by atoms with E-state index in [0.717, 1.165) is 11.3 Å². The minimum Gasteiger partial charge on any atom is -0.478 e. The Hall–Kier alpha value is -1.38. The molecule has 0 aliphatic heterocycles. The second kappa shape index (κ2) is 4.01. The maximum Gasteiger partial charge on any atom is 0.337 e. The van der Waals surface area contributed by atoms with Crippen molar-refractivity contribution in [3.05, 3.63) is 29.1 Å². The van der Waals surface area contributed by atoms with Gasteiger partial charge in [0.05, 0.1) is 5.56 Å². The molecule has 0 saturated heterocycles. The molecular formula is C12H15NO2. The van der Waals surface area contributed by atoms with Crippen molar-refractivity contribution in [1.82, 2.24) is 4.98 Å². The van der Waals surface area contributed by atoms with Gasteiger partial charge in [-0.15, -0.1) is 0 Å². The summed E-state index contributed by atoms with van der Waals surface area (Å²) in [5, 5.41) is 8.83. The number of aromatic carboxylic acids is 1. The number of rotatable bonds is 2. The van der Waals surface area contributed by atoms with E-state index in [1.165, 1.54) is 31.9 Å². The lowest BCUT2D eigenvalue weighted by Crippen LogP contribution is -2.04. The average Bonchev–Trinajstić information content (AvgIpc) is 2.70. The monoisotopic (exact) mass is 205 g/mol. The number of aromatic nitrogens is 1. The van der Waals surface area contributed by atoms with Crippen LogP contribution in [0.2, 0.25) is 0 Å². The van der Waals surface area contributed by atoms with Crippen LogP contribution in [0.3, 0.4) is 0 Å². The number of carboxylic acid groups (broad SMARTS) is 1. The highest BCUT2D eigenvalue weighted by molar-refractivity contribution is 5.87. The molecule has 0 amide bonds. The second-order valence-corrected chi connectivity index (χ2v) is 4.21. The Balaban J connectivity index is 2.29. The molecule has 2 rings (SSSR count). The number of pyridine rings is 1. The molecule has 1 N–H and O–H groups in total. The van der Waals surface area contributed by atoms with Crippen LogP contribution in [0, 0.1) is 6.92 Å². The van der Waals surface area contributed by atoms with Crippen molar-refractivity contribution < 1.29 is 9.90 Å². The molecule has 0 atom stereocenters. The summed E-state index contributed by atoms with van der Waals surface area (Å²) in [6, 6.07) is 1.73. The predicted molar refractivity (Wildman–Crippen MR) is 57.1 cm³/mol. The summed E-state index contributed by atoms with van der Waals surface area (Å²) >= 11 is 0. The first-order valence-electron chi connectivity index (χ1n) is 5.38. The SMILES string of the molecule is Cc1cc(C(=O)O)cnc1C1CCCC1. The van der Waals surface area contributed by atoms with E-state index in [-0.39, 0.29) is 5.56 Å². The van der Waals surface area contributed by atoms with Gasteiger partial charge in [0.1, 0.15) is 0 Å². The van der Waals surface area contributed by atoms with Gasteiger partial charge >= 0.3 is 5.97 Å². The zero-order valence-electron chi connectivity index (χ0n) is 8.86. The van der Waals surface area contributed by atoms with Crippen molar-refractivity contribution in [2.45, 2.75) is 38.5 Å². The quantitative estimate of drug-likeness (QED) is 0.807. The van der Waals surface area contributed by atoms with E-state index < -0.39 is 5.97 Å². The Kier molecular flexibility index (Phi) is 2.71. The molecule has 80 valence electrons. The van der Waals surface area contributed by atoms with E-state index in [4.69, 9.17) is 5.11 Å². The lowest BCUT2D eigenvalue weighted by atomic mass is 9.98. The lowest BCUT2D eigenvalue weighted by molar-refractivity contribution is 0.0696. The first-order valence-corrected chi connectivity index (χ1v) is 5.38. The van der Waals surface area contributed by atoms with Crippen molar-refractivity contribution in [3.63, 3.8) is 0 Å². The van der Waals surface area contributed by atoms with Gasteiger partial charge in [-0.05, 0) is 31.4 Å². The van der Waals surface area contributed by atoms with Gasteiger partial charge in [0, 0.05) is 17.8 Å². The van der Waals surface area contributed by atoms with Gasteiger partial charge in [0.25, 0.3) is 0 Å². The Morgan fingerprint density at radius 2 is 2.13 bits per heavy atom. The van der Waals surface area contributed by atoms with Crippen LogP contribution in [-0.4, -0.2) is 16.1 Å². The van der Waals surface area contributed by atoms with Crippen molar-refractivity contribution in [1.29, 1.82) is 0 Å². The molecule has 1 saturated carbocycles. The number of nitrogens with zero attached hydrogens (tertiary/aromatic N) is 1. The summed E-state index contributed by atoms with van der Waals surface area (Å²) in [4.78, 5) is 15.0. The zero-order chi connectivity index (χ0) is 10.8. The van der Waals surface area contributed by atoms with E-state index in [1.54, 1.807) is 6.07 Å². The van der Waals surface area contributed by atoms with Gasteiger partial charge in [-0.2, -0.15) is 0 Å².